The predicted molar refractivity (Wildman–Crippen MR) is 204 cm³/mol. The topological polar surface area (TPSA) is 177 Å². The number of nitrogens with two attached hydrogens (primary N) is 2. The number of aromatic nitrogens is 6. The molecule has 0 atom stereocenters. The van der Waals surface area contributed by atoms with Crippen molar-refractivity contribution in [3.63, 3.8) is 0 Å². The van der Waals surface area contributed by atoms with Gasteiger partial charge >= 0.3 is 7.12 Å². The van der Waals surface area contributed by atoms with Crippen LogP contribution in [0.4, 0.5) is 34.4 Å². The summed E-state index contributed by atoms with van der Waals surface area (Å²) in [5.74, 6) is 1.44. The number of fused-ring (bicyclic) bond motifs is 2. The van der Waals surface area contributed by atoms with E-state index in [2.05, 4.69) is 41.5 Å². The fourth-order valence-electron chi connectivity index (χ4n) is 4.87. The van der Waals surface area contributed by atoms with E-state index in [-0.39, 0.29) is 0 Å². The predicted octanol–water partition coefficient (Wildman–Crippen LogP) is 5.91. The van der Waals surface area contributed by atoms with Gasteiger partial charge in [-0.15, -0.1) is 0 Å². The van der Waals surface area contributed by atoms with Gasteiger partial charge in [0.15, 0.2) is 22.9 Å². The third kappa shape index (κ3) is 8.62. The molecule has 8 N–H and O–H groups in total. The number of nitrogens with one attached hydrogen (secondary N) is 2. The summed E-state index contributed by atoms with van der Waals surface area (Å²) in [6.45, 7) is 0. The van der Waals surface area contributed by atoms with E-state index in [0.29, 0.717) is 22.7 Å². The third-order valence-corrected chi connectivity index (χ3v) is 7.57. The Hall–Kier alpha value is -6.22. The lowest BCUT2D eigenvalue weighted by Crippen LogP contribution is -2.29. The van der Waals surface area contributed by atoms with Crippen LogP contribution in [-0.4, -0.2) is 45.9 Å². The lowest BCUT2D eigenvalue weighted by Gasteiger charge is -2.10. The molecule has 4 aromatic carbocycles. The maximum absolute atomic E-state index is 8.65. The first-order valence-electron chi connectivity index (χ1n) is 15.4. The second kappa shape index (κ2) is 15.8. The molecule has 0 saturated carbocycles. The largest absolute Gasteiger partial charge is 0.488 e. The summed E-state index contributed by atoms with van der Waals surface area (Å²) in [5.41, 5.74) is 18.3. The van der Waals surface area contributed by atoms with Gasteiger partial charge < -0.3 is 41.0 Å². The number of halogens is 1. The Morgan fingerprint density at radius 3 is 1.70 bits per heavy atom. The number of nitrogen functional groups attached to an aromatic ring is 2. The van der Waals surface area contributed by atoms with E-state index < -0.39 is 7.12 Å². The van der Waals surface area contributed by atoms with E-state index in [4.69, 9.17) is 26.5 Å². The van der Waals surface area contributed by atoms with Crippen molar-refractivity contribution in [3.8, 4) is 11.3 Å². The van der Waals surface area contributed by atoms with E-state index in [1.165, 1.54) is 6.07 Å². The number of nitrogens with zero attached hydrogens (tertiary/aromatic N) is 6. The van der Waals surface area contributed by atoms with Crippen molar-refractivity contribution in [3.05, 3.63) is 151 Å². The average Bonchev–Trinajstić information content (AvgIpc) is 3.80. The molecule has 8 rings (SSSR count). The first-order valence-corrected chi connectivity index (χ1v) is 16.2. The van der Waals surface area contributed by atoms with Crippen molar-refractivity contribution in [1.82, 2.24) is 28.7 Å². The van der Waals surface area contributed by atoms with E-state index >= 15 is 0 Å². The smallest absolute Gasteiger partial charge is 0.423 e. The Kier molecular flexibility index (Phi) is 10.6. The van der Waals surface area contributed by atoms with E-state index in [1.54, 1.807) is 30.6 Å². The Balaban J connectivity index is 0.000000141. The molecule has 4 heterocycles. The van der Waals surface area contributed by atoms with Crippen LogP contribution in [0.3, 0.4) is 0 Å². The molecule has 0 fully saturated rings. The molecule has 248 valence electrons. The van der Waals surface area contributed by atoms with Crippen molar-refractivity contribution >= 4 is 74.2 Å². The van der Waals surface area contributed by atoms with Crippen LogP contribution in [0.15, 0.2) is 151 Å². The molecule has 12 nitrogen and oxygen atoms in total. The number of rotatable bonds is 6. The normalized spacial score (nSPS) is 10.5. The highest BCUT2D eigenvalue weighted by molar-refractivity contribution is 9.10. The SMILES string of the molecule is Brc1cn2ccnc2c(Nc2ccccc2)n1.Nc1cccc(-c2cn3ccnc3c(Nc3ccccc3)n2)c1.Nc1cccc(B(O)O)c1. The third-order valence-electron chi connectivity index (χ3n) is 7.18. The van der Waals surface area contributed by atoms with Gasteiger partial charge in [-0.25, -0.2) is 19.9 Å². The zero-order chi connectivity index (χ0) is 34.9. The van der Waals surface area contributed by atoms with Gasteiger partial charge in [-0.05, 0) is 69.9 Å². The molecule has 14 heteroatoms. The molecular weight excluding hydrogens is 695 g/mol. The molecule has 8 aromatic rings. The summed E-state index contributed by atoms with van der Waals surface area (Å²) in [4.78, 5) is 17.8. The number of benzene rings is 4. The van der Waals surface area contributed by atoms with E-state index in [0.717, 1.165) is 44.3 Å². The van der Waals surface area contributed by atoms with Crippen LogP contribution in [0, 0.1) is 0 Å². The second-order valence-corrected chi connectivity index (χ2v) is 11.7. The standard InChI is InChI=1S/C18H15N5.C12H9BrN4.C6H8BNO2/c19-14-6-4-5-13(11-14)16-12-23-10-9-20-18(23)17(22-16)21-15-7-2-1-3-8-15;13-10-8-17-7-6-14-12(17)11(16-10)15-9-4-2-1-3-5-9;8-6-3-1-2-5(4-6)7(9)10/h1-12H,19H2,(H,21,22);1-8H,(H,15,16);1-4,9-10H,8H2. The number of imidazole rings is 2. The first-order chi connectivity index (χ1) is 24.3. The van der Waals surface area contributed by atoms with Crippen molar-refractivity contribution in [1.29, 1.82) is 0 Å². The van der Waals surface area contributed by atoms with Gasteiger partial charge in [0.25, 0.3) is 0 Å². The molecule has 4 aromatic heterocycles. The Labute approximate surface area is 296 Å². The van der Waals surface area contributed by atoms with Crippen LogP contribution in [-0.2, 0) is 0 Å². The molecule has 50 heavy (non-hydrogen) atoms. The molecule has 0 unspecified atom stereocenters. The number of para-hydroxylation sites is 2. The van der Waals surface area contributed by atoms with Crippen LogP contribution >= 0.6 is 15.9 Å². The van der Waals surface area contributed by atoms with Gasteiger partial charge in [0.2, 0.25) is 0 Å². The summed E-state index contributed by atoms with van der Waals surface area (Å²) in [7, 11) is -1.43. The number of anilines is 6. The van der Waals surface area contributed by atoms with Crippen molar-refractivity contribution in [2.45, 2.75) is 0 Å². The van der Waals surface area contributed by atoms with Crippen LogP contribution < -0.4 is 27.6 Å². The minimum absolute atomic E-state index is 0.417. The summed E-state index contributed by atoms with van der Waals surface area (Å²) in [6.07, 6.45) is 11.1. The van der Waals surface area contributed by atoms with Gasteiger partial charge in [-0.1, -0.05) is 60.7 Å². The maximum atomic E-state index is 8.65. The Morgan fingerprint density at radius 1 is 0.620 bits per heavy atom. The minimum atomic E-state index is -1.43. The molecule has 0 radical (unpaired) electrons. The molecular formula is C36H32BBrN10O2. The van der Waals surface area contributed by atoms with Gasteiger partial charge in [0, 0.05) is 65.5 Å². The fraction of sp³-hybridized carbons (Fsp3) is 0. The molecule has 0 aliphatic carbocycles. The van der Waals surface area contributed by atoms with Crippen LogP contribution in [0.5, 0.6) is 0 Å². The molecule has 0 amide bonds. The van der Waals surface area contributed by atoms with Gasteiger partial charge in [-0.3, -0.25) is 0 Å². The van der Waals surface area contributed by atoms with Crippen LogP contribution in [0.25, 0.3) is 22.6 Å². The van der Waals surface area contributed by atoms with Crippen LogP contribution in [0.1, 0.15) is 0 Å². The summed E-state index contributed by atoms with van der Waals surface area (Å²) < 4.78 is 4.64. The Morgan fingerprint density at radius 2 is 1.16 bits per heavy atom. The highest BCUT2D eigenvalue weighted by Crippen LogP contribution is 2.25. The quantitative estimate of drug-likeness (QED) is 0.0893. The maximum Gasteiger partial charge on any atom is 0.488 e. The molecule has 0 spiro atoms. The number of hydrogen-bond acceptors (Lipinski definition) is 10. The minimum Gasteiger partial charge on any atom is -0.423 e. The molecule has 0 bridgehead atoms. The highest BCUT2D eigenvalue weighted by atomic mass is 79.9. The van der Waals surface area contributed by atoms with Crippen LogP contribution in [0.2, 0.25) is 0 Å². The van der Waals surface area contributed by atoms with E-state index in [1.807, 2.05) is 119 Å². The Bertz CT molecular complexity index is 2320. The summed E-state index contributed by atoms with van der Waals surface area (Å²) in [5, 5.41) is 23.9. The van der Waals surface area contributed by atoms with Crippen molar-refractivity contribution < 1.29 is 10.0 Å². The van der Waals surface area contributed by atoms with Gasteiger partial charge in [-0.2, -0.15) is 0 Å². The monoisotopic (exact) mass is 726 g/mol. The first kappa shape index (κ1) is 33.7. The zero-order valence-electron chi connectivity index (χ0n) is 26.5. The average molecular weight is 727 g/mol. The zero-order valence-corrected chi connectivity index (χ0v) is 28.1. The summed E-state index contributed by atoms with van der Waals surface area (Å²) >= 11 is 3.38. The van der Waals surface area contributed by atoms with Crippen molar-refractivity contribution in [2.24, 2.45) is 0 Å². The molecule has 0 aliphatic rings. The summed E-state index contributed by atoms with van der Waals surface area (Å²) in [6, 6.07) is 34.0. The number of hydrogen-bond donors (Lipinski definition) is 6. The second-order valence-electron chi connectivity index (χ2n) is 10.9. The van der Waals surface area contributed by atoms with Gasteiger partial charge in [0.05, 0.1) is 5.69 Å². The van der Waals surface area contributed by atoms with E-state index in [9.17, 15) is 0 Å². The highest BCUT2D eigenvalue weighted by Gasteiger charge is 2.11. The molecule has 0 aliphatic heterocycles. The van der Waals surface area contributed by atoms with Gasteiger partial charge in [0.1, 0.15) is 4.60 Å². The lowest BCUT2D eigenvalue weighted by molar-refractivity contribution is 0.426. The van der Waals surface area contributed by atoms with Crippen molar-refractivity contribution in [2.75, 3.05) is 22.1 Å². The molecule has 0 saturated heterocycles. The lowest BCUT2D eigenvalue weighted by atomic mass is 9.80. The fourth-order valence-corrected chi connectivity index (χ4v) is 5.27.